The largest absolute Gasteiger partial charge is 0.345 e. The van der Waals surface area contributed by atoms with Gasteiger partial charge in [-0.05, 0) is 30.4 Å². The van der Waals surface area contributed by atoms with Gasteiger partial charge in [-0.1, -0.05) is 42.5 Å². The summed E-state index contributed by atoms with van der Waals surface area (Å²) in [6, 6.07) is 16.9. The highest BCUT2D eigenvalue weighted by Gasteiger charge is 2.26. The van der Waals surface area contributed by atoms with Crippen LogP contribution in [-0.4, -0.2) is 33.8 Å². The minimum atomic E-state index is -0.432. The van der Waals surface area contributed by atoms with Crippen molar-refractivity contribution in [2.45, 2.75) is 18.8 Å². The summed E-state index contributed by atoms with van der Waals surface area (Å²) in [4.78, 5) is 28.3. The number of likely N-dealkylation sites (tertiary alicyclic amines) is 1. The fraction of sp³-hybridized carbons (Fsp3) is 0.250. The predicted molar refractivity (Wildman–Crippen MR) is 99.3 cm³/mol. The standard InChI is InChI=1S/C20H19N3O3/c24-20(17-13-16-7-4-8-18(23(25)26)19(16)21-17)22-11-9-15(10-12-22)14-5-2-1-3-6-14/h1-8,13,15,21H,9-12H2. The number of non-ortho nitro benzene ring substituents is 1. The van der Waals surface area contributed by atoms with Gasteiger partial charge in [-0.25, -0.2) is 0 Å². The maximum atomic E-state index is 12.8. The van der Waals surface area contributed by atoms with Crippen molar-refractivity contribution in [3.8, 4) is 0 Å². The average Bonchev–Trinajstić information content (AvgIpc) is 3.12. The zero-order valence-corrected chi connectivity index (χ0v) is 14.2. The second-order valence-corrected chi connectivity index (χ2v) is 6.66. The molecule has 0 unspecified atom stereocenters. The van der Waals surface area contributed by atoms with Gasteiger partial charge in [0.2, 0.25) is 0 Å². The van der Waals surface area contributed by atoms with Crippen LogP contribution in [0.3, 0.4) is 0 Å². The number of nitrogens with zero attached hydrogens (tertiary/aromatic N) is 2. The van der Waals surface area contributed by atoms with Gasteiger partial charge in [-0.2, -0.15) is 0 Å². The second kappa shape index (κ2) is 6.63. The lowest BCUT2D eigenvalue weighted by Crippen LogP contribution is -2.38. The topological polar surface area (TPSA) is 79.2 Å². The lowest BCUT2D eigenvalue weighted by molar-refractivity contribution is -0.383. The van der Waals surface area contributed by atoms with Crippen LogP contribution in [0.2, 0.25) is 0 Å². The molecule has 132 valence electrons. The average molecular weight is 349 g/mol. The summed E-state index contributed by atoms with van der Waals surface area (Å²) >= 11 is 0. The number of aromatic nitrogens is 1. The zero-order chi connectivity index (χ0) is 18.1. The molecule has 1 amide bonds. The normalized spacial score (nSPS) is 15.3. The summed E-state index contributed by atoms with van der Waals surface area (Å²) < 4.78 is 0. The van der Waals surface area contributed by atoms with Crippen molar-refractivity contribution in [1.82, 2.24) is 9.88 Å². The Morgan fingerprint density at radius 2 is 1.81 bits per heavy atom. The molecule has 1 fully saturated rings. The van der Waals surface area contributed by atoms with Gasteiger partial charge in [0.1, 0.15) is 11.2 Å². The number of nitrogens with one attached hydrogen (secondary N) is 1. The first-order valence-electron chi connectivity index (χ1n) is 8.74. The van der Waals surface area contributed by atoms with E-state index in [2.05, 4.69) is 17.1 Å². The first-order valence-corrected chi connectivity index (χ1v) is 8.74. The number of carbonyl (C=O) groups is 1. The lowest BCUT2D eigenvalue weighted by Gasteiger charge is -2.32. The molecule has 0 spiro atoms. The molecule has 0 bridgehead atoms. The number of H-pyrrole nitrogens is 1. The number of rotatable bonds is 3. The number of fused-ring (bicyclic) bond motifs is 1. The molecule has 1 aliphatic rings. The molecule has 0 radical (unpaired) electrons. The van der Waals surface area contributed by atoms with Gasteiger partial charge in [0.05, 0.1) is 4.92 Å². The van der Waals surface area contributed by atoms with Crippen LogP contribution >= 0.6 is 0 Å². The molecule has 2 heterocycles. The smallest absolute Gasteiger partial charge is 0.293 e. The van der Waals surface area contributed by atoms with Gasteiger partial charge in [0.15, 0.2) is 0 Å². The van der Waals surface area contributed by atoms with Crippen molar-refractivity contribution in [3.63, 3.8) is 0 Å². The number of para-hydroxylation sites is 1. The van der Waals surface area contributed by atoms with Crippen LogP contribution in [-0.2, 0) is 0 Å². The Hall–Kier alpha value is -3.15. The number of benzene rings is 2. The van der Waals surface area contributed by atoms with Gasteiger partial charge in [-0.3, -0.25) is 14.9 Å². The Kier molecular flexibility index (Phi) is 4.16. The van der Waals surface area contributed by atoms with E-state index < -0.39 is 4.92 Å². The number of nitro groups is 1. The number of aromatic amines is 1. The molecule has 0 saturated carbocycles. The maximum Gasteiger partial charge on any atom is 0.293 e. The van der Waals surface area contributed by atoms with Crippen molar-refractivity contribution < 1.29 is 9.72 Å². The van der Waals surface area contributed by atoms with E-state index >= 15 is 0 Å². The maximum absolute atomic E-state index is 12.8. The van der Waals surface area contributed by atoms with Crippen LogP contribution in [0, 0.1) is 10.1 Å². The summed E-state index contributed by atoms with van der Waals surface area (Å²) in [5, 5.41) is 11.8. The Labute approximate surface area is 150 Å². The van der Waals surface area contributed by atoms with Crippen LogP contribution in [0.15, 0.2) is 54.6 Å². The molecule has 1 N–H and O–H groups in total. The monoisotopic (exact) mass is 349 g/mol. The number of nitro benzene ring substituents is 1. The third-order valence-corrected chi connectivity index (χ3v) is 5.11. The highest BCUT2D eigenvalue weighted by atomic mass is 16.6. The highest BCUT2D eigenvalue weighted by molar-refractivity contribution is 6.00. The Morgan fingerprint density at radius 1 is 1.08 bits per heavy atom. The van der Waals surface area contributed by atoms with Crippen molar-refractivity contribution in [1.29, 1.82) is 0 Å². The van der Waals surface area contributed by atoms with E-state index in [0.29, 0.717) is 35.6 Å². The van der Waals surface area contributed by atoms with Crippen LogP contribution in [0.4, 0.5) is 5.69 Å². The Bertz CT molecular complexity index is 957. The van der Waals surface area contributed by atoms with Crippen LogP contribution in [0.5, 0.6) is 0 Å². The molecule has 26 heavy (non-hydrogen) atoms. The van der Waals surface area contributed by atoms with Crippen molar-refractivity contribution >= 4 is 22.5 Å². The van der Waals surface area contributed by atoms with E-state index in [9.17, 15) is 14.9 Å². The van der Waals surface area contributed by atoms with Gasteiger partial charge in [0.25, 0.3) is 11.6 Å². The molecule has 0 atom stereocenters. The van der Waals surface area contributed by atoms with E-state index in [4.69, 9.17) is 0 Å². The quantitative estimate of drug-likeness (QED) is 0.571. The van der Waals surface area contributed by atoms with Crippen molar-refractivity contribution in [2.75, 3.05) is 13.1 Å². The SMILES string of the molecule is O=C(c1cc2cccc([N+](=O)[O-])c2[nH]1)N1CCC(c2ccccc2)CC1. The van der Waals surface area contributed by atoms with Gasteiger partial charge >= 0.3 is 0 Å². The van der Waals surface area contributed by atoms with E-state index in [0.717, 1.165) is 12.8 Å². The van der Waals surface area contributed by atoms with Gasteiger partial charge in [-0.15, -0.1) is 0 Å². The predicted octanol–water partition coefficient (Wildman–Crippen LogP) is 4.10. The molecular weight excluding hydrogens is 330 g/mol. The minimum absolute atomic E-state index is 0.00987. The summed E-state index contributed by atoms with van der Waals surface area (Å²) in [5.74, 6) is 0.381. The first kappa shape index (κ1) is 16.3. The molecule has 1 aromatic heterocycles. The summed E-state index contributed by atoms with van der Waals surface area (Å²) in [6.45, 7) is 1.38. The second-order valence-electron chi connectivity index (χ2n) is 6.66. The lowest BCUT2D eigenvalue weighted by atomic mass is 9.89. The third kappa shape index (κ3) is 2.94. The van der Waals surface area contributed by atoms with Crippen LogP contribution < -0.4 is 0 Å². The molecule has 2 aromatic carbocycles. The molecular formula is C20H19N3O3. The third-order valence-electron chi connectivity index (χ3n) is 5.11. The fourth-order valence-corrected chi connectivity index (χ4v) is 3.72. The van der Waals surface area contributed by atoms with E-state index in [1.165, 1.54) is 11.6 Å². The number of hydrogen-bond acceptors (Lipinski definition) is 3. The summed E-state index contributed by atoms with van der Waals surface area (Å²) in [5.41, 5.74) is 2.12. The molecule has 6 heteroatoms. The number of amides is 1. The van der Waals surface area contributed by atoms with Crippen LogP contribution in [0.1, 0.15) is 34.8 Å². The Morgan fingerprint density at radius 3 is 2.50 bits per heavy atom. The van der Waals surface area contributed by atoms with E-state index in [-0.39, 0.29) is 11.6 Å². The molecule has 3 aromatic rings. The van der Waals surface area contributed by atoms with E-state index in [1.54, 1.807) is 18.2 Å². The molecule has 0 aliphatic carbocycles. The number of carbonyl (C=O) groups excluding carboxylic acids is 1. The molecule has 6 nitrogen and oxygen atoms in total. The summed E-state index contributed by atoms with van der Waals surface area (Å²) in [6.07, 6.45) is 1.85. The Balaban J connectivity index is 1.51. The van der Waals surface area contributed by atoms with Gasteiger partial charge < -0.3 is 9.88 Å². The molecule has 1 saturated heterocycles. The van der Waals surface area contributed by atoms with Gasteiger partial charge in [0, 0.05) is 24.5 Å². The van der Waals surface area contributed by atoms with Crippen LogP contribution in [0.25, 0.3) is 10.9 Å². The van der Waals surface area contributed by atoms with Crippen molar-refractivity contribution in [2.24, 2.45) is 0 Å². The highest BCUT2D eigenvalue weighted by Crippen LogP contribution is 2.30. The number of hydrogen-bond donors (Lipinski definition) is 1. The fourth-order valence-electron chi connectivity index (χ4n) is 3.72. The summed E-state index contributed by atoms with van der Waals surface area (Å²) in [7, 11) is 0. The van der Waals surface area contributed by atoms with E-state index in [1.807, 2.05) is 23.1 Å². The minimum Gasteiger partial charge on any atom is -0.345 e. The number of piperidine rings is 1. The molecule has 4 rings (SSSR count). The zero-order valence-electron chi connectivity index (χ0n) is 14.2. The van der Waals surface area contributed by atoms with Crippen molar-refractivity contribution in [3.05, 3.63) is 76.0 Å². The first-order chi connectivity index (χ1) is 12.6. The molecule has 1 aliphatic heterocycles.